The summed E-state index contributed by atoms with van der Waals surface area (Å²) in [7, 11) is -2.86. The minimum Gasteiger partial charge on any atom is -0.389 e. The van der Waals surface area contributed by atoms with Gasteiger partial charge in [0.15, 0.2) is 9.84 Å². The molecule has 0 aromatic rings. The fraction of sp³-hybridized carbons (Fsp3) is 1.00. The lowest BCUT2D eigenvalue weighted by Gasteiger charge is -2.37. The summed E-state index contributed by atoms with van der Waals surface area (Å²) < 4.78 is 23.1. The first kappa shape index (κ1) is 15.3. The van der Waals surface area contributed by atoms with Crippen LogP contribution in [0.2, 0.25) is 0 Å². The Balaban J connectivity index is 1.79. The van der Waals surface area contributed by atoms with Gasteiger partial charge in [-0.2, -0.15) is 0 Å². The highest BCUT2D eigenvalue weighted by Crippen LogP contribution is 2.33. The number of aliphatic hydroxyl groups is 1. The summed E-state index contributed by atoms with van der Waals surface area (Å²) in [5.74, 6) is 1.32. The summed E-state index contributed by atoms with van der Waals surface area (Å²) in [6.07, 6.45) is 6.73. The van der Waals surface area contributed by atoms with Crippen molar-refractivity contribution >= 4 is 9.84 Å². The lowest BCUT2D eigenvalue weighted by molar-refractivity contribution is -0.0104. The predicted molar refractivity (Wildman–Crippen MR) is 76.9 cm³/mol. The molecule has 0 aromatic carbocycles. The molecule has 4 nitrogen and oxygen atoms in total. The van der Waals surface area contributed by atoms with Crippen LogP contribution in [0.4, 0.5) is 0 Å². The van der Waals surface area contributed by atoms with E-state index in [1.165, 1.54) is 6.42 Å². The molecule has 0 radical (unpaired) electrons. The molecule has 2 aliphatic rings. The van der Waals surface area contributed by atoms with E-state index in [4.69, 9.17) is 0 Å². The average Bonchev–Trinajstić information content (AvgIpc) is 2.37. The molecule has 1 aliphatic heterocycles. The van der Waals surface area contributed by atoms with Gasteiger partial charge in [-0.3, -0.25) is 0 Å². The van der Waals surface area contributed by atoms with E-state index in [1.54, 1.807) is 0 Å². The van der Waals surface area contributed by atoms with Crippen LogP contribution in [0.15, 0.2) is 0 Å². The number of nitrogens with one attached hydrogen (secondary N) is 1. The van der Waals surface area contributed by atoms with Crippen LogP contribution in [0.3, 0.4) is 0 Å². The van der Waals surface area contributed by atoms with E-state index in [0.29, 0.717) is 12.3 Å². The SMILES string of the molecule is CCC1CCC(O)(CNC2CCCS(=O)(=O)C2)CC1. The van der Waals surface area contributed by atoms with Gasteiger partial charge >= 0.3 is 0 Å². The second-order valence-corrected chi connectivity index (χ2v) is 8.64. The number of hydrogen-bond donors (Lipinski definition) is 2. The van der Waals surface area contributed by atoms with Crippen molar-refractivity contribution in [3.05, 3.63) is 0 Å². The fourth-order valence-electron chi connectivity index (χ4n) is 3.32. The Labute approximate surface area is 116 Å². The van der Waals surface area contributed by atoms with Crippen molar-refractivity contribution in [2.45, 2.75) is 63.5 Å². The second-order valence-electron chi connectivity index (χ2n) is 6.41. The normalized spacial score (nSPS) is 39.1. The van der Waals surface area contributed by atoms with E-state index < -0.39 is 15.4 Å². The molecule has 0 amide bonds. The standard InChI is InChI=1S/C14H27NO3S/c1-2-12-5-7-14(16,8-6-12)11-15-13-4-3-9-19(17,18)10-13/h12-13,15-16H,2-11H2,1H3. The molecule has 1 heterocycles. The zero-order valence-electron chi connectivity index (χ0n) is 11.9. The Kier molecular flexibility index (Phi) is 4.90. The van der Waals surface area contributed by atoms with Gasteiger partial charge in [-0.1, -0.05) is 13.3 Å². The minimum absolute atomic E-state index is 0.0340. The molecule has 2 rings (SSSR count). The van der Waals surface area contributed by atoms with Gasteiger partial charge in [0, 0.05) is 12.6 Å². The maximum absolute atomic E-state index is 11.6. The largest absolute Gasteiger partial charge is 0.389 e. The van der Waals surface area contributed by atoms with Gasteiger partial charge < -0.3 is 10.4 Å². The van der Waals surface area contributed by atoms with Gasteiger partial charge in [-0.15, -0.1) is 0 Å². The maximum atomic E-state index is 11.6. The highest BCUT2D eigenvalue weighted by Gasteiger charge is 2.34. The van der Waals surface area contributed by atoms with Crippen LogP contribution in [0.5, 0.6) is 0 Å². The van der Waals surface area contributed by atoms with Crippen molar-refractivity contribution in [3.63, 3.8) is 0 Å². The van der Waals surface area contributed by atoms with E-state index in [1.807, 2.05) is 0 Å². The molecule has 0 spiro atoms. The van der Waals surface area contributed by atoms with Crippen LogP contribution in [0.25, 0.3) is 0 Å². The first-order valence-electron chi connectivity index (χ1n) is 7.59. The molecular weight excluding hydrogens is 262 g/mol. The van der Waals surface area contributed by atoms with Crippen molar-refractivity contribution in [2.24, 2.45) is 5.92 Å². The van der Waals surface area contributed by atoms with Gasteiger partial charge in [0.05, 0.1) is 17.1 Å². The zero-order valence-corrected chi connectivity index (χ0v) is 12.7. The molecule has 2 N–H and O–H groups in total. The molecule has 112 valence electrons. The Morgan fingerprint density at radius 2 is 1.95 bits per heavy atom. The highest BCUT2D eigenvalue weighted by molar-refractivity contribution is 7.91. The monoisotopic (exact) mass is 289 g/mol. The van der Waals surface area contributed by atoms with E-state index in [9.17, 15) is 13.5 Å². The third kappa shape index (κ3) is 4.43. The van der Waals surface area contributed by atoms with Crippen LogP contribution in [0, 0.1) is 5.92 Å². The van der Waals surface area contributed by atoms with Crippen LogP contribution in [-0.4, -0.2) is 43.2 Å². The predicted octanol–water partition coefficient (Wildman–Crippen LogP) is 1.48. The molecule has 0 aromatic heterocycles. The molecule has 5 heteroatoms. The molecule has 1 saturated carbocycles. The summed E-state index contributed by atoms with van der Waals surface area (Å²) in [5.41, 5.74) is -0.618. The highest BCUT2D eigenvalue weighted by atomic mass is 32.2. The lowest BCUT2D eigenvalue weighted by Crippen LogP contribution is -2.49. The number of sulfone groups is 1. The van der Waals surface area contributed by atoms with E-state index >= 15 is 0 Å². The first-order chi connectivity index (χ1) is 8.92. The third-order valence-electron chi connectivity index (χ3n) is 4.80. The summed E-state index contributed by atoms with van der Waals surface area (Å²) in [6.45, 7) is 2.75. The van der Waals surface area contributed by atoms with Crippen LogP contribution in [-0.2, 0) is 9.84 Å². The molecule has 0 bridgehead atoms. The average molecular weight is 289 g/mol. The molecule has 1 saturated heterocycles. The lowest BCUT2D eigenvalue weighted by atomic mass is 9.78. The Bertz CT molecular complexity index is 385. The molecular formula is C14H27NO3S. The smallest absolute Gasteiger partial charge is 0.151 e. The van der Waals surface area contributed by atoms with E-state index in [2.05, 4.69) is 12.2 Å². The molecule has 1 unspecified atom stereocenters. The van der Waals surface area contributed by atoms with Crippen molar-refractivity contribution in [2.75, 3.05) is 18.1 Å². The fourth-order valence-corrected chi connectivity index (χ4v) is 4.99. The summed E-state index contributed by atoms with van der Waals surface area (Å²) in [6, 6.07) is 0.0340. The third-order valence-corrected chi connectivity index (χ3v) is 6.62. The van der Waals surface area contributed by atoms with Gasteiger partial charge in [0.1, 0.15) is 0 Å². The zero-order chi connectivity index (χ0) is 13.9. The van der Waals surface area contributed by atoms with Crippen molar-refractivity contribution in [3.8, 4) is 0 Å². The van der Waals surface area contributed by atoms with Gasteiger partial charge in [0.25, 0.3) is 0 Å². The molecule has 1 aliphatic carbocycles. The minimum atomic E-state index is -2.86. The number of hydrogen-bond acceptors (Lipinski definition) is 4. The Hall–Kier alpha value is -0.130. The summed E-state index contributed by atoms with van der Waals surface area (Å²) >= 11 is 0. The quantitative estimate of drug-likeness (QED) is 0.823. The summed E-state index contributed by atoms with van der Waals surface area (Å²) in [5, 5.41) is 13.8. The van der Waals surface area contributed by atoms with Crippen molar-refractivity contribution in [1.82, 2.24) is 5.32 Å². The first-order valence-corrected chi connectivity index (χ1v) is 9.41. The molecule has 1 atom stereocenters. The van der Waals surface area contributed by atoms with Crippen LogP contribution < -0.4 is 5.32 Å². The molecule has 2 fully saturated rings. The van der Waals surface area contributed by atoms with Crippen LogP contribution in [0.1, 0.15) is 51.9 Å². The van der Waals surface area contributed by atoms with Gasteiger partial charge in [0.2, 0.25) is 0 Å². The Morgan fingerprint density at radius 3 is 2.53 bits per heavy atom. The summed E-state index contributed by atoms with van der Waals surface area (Å²) in [4.78, 5) is 0. The van der Waals surface area contributed by atoms with Crippen molar-refractivity contribution in [1.29, 1.82) is 0 Å². The van der Waals surface area contributed by atoms with Crippen LogP contribution >= 0.6 is 0 Å². The number of rotatable bonds is 4. The molecule has 19 heavy (non-hydrogen) atoms. The Morgan fingerprint density at radius 1 is 1.26 bits per heavy atom. The second kappa shape index (κ2) is 6.10. The topological polar surface area (TPSA) is 66.4 Å². The van der Waals surface area contributed by atoms with Gasteiger partial charge in [-0.25, -0.2) is 8.42 Å². The maximum Gasteiger partial charge on any atom is 0.151 e. The van der Waals surface area contributed by atoms with E-state index in [0.717, 1.165) is 44.4 Å². The van der Waals surface area contributed by atoms with E-state index in [-0.39, 0.29) is 11.8 Å². The van der Waals surface area contributed by atoms with Gasteiger partial charge in [-0.05, 0) is 44.4 Å². The van der Waals surface area contributed by atoms with Crippen molar-refractivity contribution < 1.29 is 13.5 Å².